The molecular weight excluding hydrogens is 376 g/mol. The van der Waals surface area contributed by atoms with Crippen LogP contribution in [0.25, 0.3) is 10.2 Å². The lowest BCUT2D eigenvalue weighted by molar-refractivity contribution is -0.385. The molecule has 1 aliphatic heterocycles. The van der Waals surface area contributed by atoms with Crippen molar-refractivity contribution in [3.8, 4) is 0 Å². The molecular formula is C20H20N4O3S. The lowest BCUT2D eigenvalue weighted by Crippen LogP contribution is -2.48. The summed E-state index contributed by atoms with van der Waals surface area (Å²) in [6.07, 6.45) is 0. The summed E-state index contributed by atoms with van der Waals surface area (Å²) in [6.45, 7) is 6.51. The number of anilines is 1. The van der Waals surface area contributed by atoms with Crippen LogP contribution >= 0.6 is 11.3 Å². The van der Waals surface area contributed by atoms with Gasteiger partial charge in [-0.15, -0.1) is 0 Å². The highest BCUT2D eigenvalue weighted by Crippen LogP contribution is 2.32. The Morgan fingerprint density at radius 1 is 1.14 bits per heavy atom. The number of amides is 1. The first-order valence-electron chi connectivity index (χ1n) is 9.09. The van der Waals surface area contributed by atoms with Crippen LogP contribution in [0.5, 0.6) is 0 Å². The van der Waals surface area contributed by atoms with Crippen LogP contribution in [0.2, 0.25) is 0 Å². The molecule has 0 unspecified atom stereocenters. The number of nitro benzene ring substituents is 1. The van der Waals surface area contributed by atoms with E-state index in [9.17, 15) is 14.9 Å². The molecule has 3 aromatic rings. The summed E-state index contributed by atoms with van der Waals surface area (Å²) in [4.78, 5) is 32.1. The second-order valence-corrected chi connectivity index (χ2v) is 7.96. The number of para-hydroxylation sites is 1. The molecule has 0 aliphatic carbocycles. The molecule has 0 spiro atoms. The third kappa shape index (κ3) is 3.31. The van der Waals surface area contributed by atoms with Gasteiger partial charge in [0, 0.05) is 32.2 Å². The van der Waals surface area contributed by atoms with E-state index in [-0.39, 0.29) is 17.2 Å². The van der Waals surface area contributed by atoms with Gasteiger partial charge >= 0.3 is 0 Å². The number of aryl methyl sites for hydroxylation is 2. The summed E-state index contributed by atoms with van der Waals surface area (Å²) in [7, 11) is 0. The van der Waals surface area contributed by atoms with Gasteiger partial charge in [0.25, 0.3) is 11.6 Å². The number of fused-ring (bicyclic) bond motifs is 1. The van der Waals surface area contributed by atoms with Crippen molar-refractivity contribution < 1.29 is 9.72 Å². The SMILES string of the molecule is Cc1cc(C)c2sc(N3CCN(C(=O)c4ccccc4[N+](=O)[O-])CC3)nc2c1. The zero-order chi connectivity index (χ0) is 19.8. The molecule has 7 nitrogen and oxygen atoms in total. The number of nitro groups is 1. The monoisotopic (exact) mass is 396 g/mol. The molecule has 0 saturated carbocycles. The van der Waals surface area contributed by atoms with Crippen molar-refractivity contribution in [1.29, 1.82) is 0 Å². The Morgan fingerprint density at radius 2 is 1.86 bits per heavy atom. The highest BCUT2D eigenvalue weighted by molar-refractivity contribution is 7.22. The number of aromatic nitrogens is 1. The fourth-order valence-corrected chi connectivity index (χ4v) is 4.65. The maximum absolute atomic E-state index is 12.8. The number of carbonyl (C=O) groups excluding carboxylic acids is 1. The van der Waals surface area contributed by atoms with E-state index in [2.05, 4.69) is 30.9 Å². The van der Waals surface area contributed by atoms with E-state index in [4.69, 9.17) is 4.98 Å². The van der Waals surface area contributed by atoms with Crippen molar-refractivity contribution >= 4 is 38.3 Å². The van der Waals surface area contributed by atoms with Crippen LogP contribution in [0.15, 0.2) is 36.4 Å². The first-order valence-corrected chi connectivity index (χ1v) is 9.91. The highest BCUT2D eigenvalue weighted by atomic mass is 32.1. The number of hydrogen-bond acceptors (Lipinski definition) is 6. The number of hydrogen-bond donors (Lipinski definition) is 0. The van der Waals surface area contributed by atoms with Gasteiger partial charge < -0.3 is 9.80 Å². The smallest absolute Gasteiger partial charge is 0.282 e. The molecule has 0 radical (unpaired) electrons. The molecule has 1 aliphatic rings. The van der Waals surface area contributed by atoms with Crippen molar-refractivity contribution in [2.45, 2.75) is 13.8 Å². The zero-order valence-corrected chi connectivity index (χ0v) is 16.5. The number of piperazine rings is 1. The van der Waals surface area contributed by atoms with Crippen molar-refractivity contribution in [2.24, 2.45) is 0 Å². The molecule has 0 N–H and O–H groups in total. The van der Waals surface area contributed by atoms with Crippen molar-refractivity contribution in [1.82, 2.24) is 9.88 Å². The molecule has 2 aromatic carbocycles. The second kappa shape index (κ2) is 7.20. The summed E-state index contributed by atoms with van der Waals surface area (Å²) in [6, 6.07) is 10.4. The molecule has 1 amide bonds. The molecule has 1 fully saturated rings. The number of rotatable bonds is 3. The van der Waals surface area contributed by atoms with Gasteiger partial charge in [0.1, 0.15) is 5.56 Å². The number of benzene rings is 2. The molecule has 8 heteroatoms. The summed E-state index contributed by atoms with van der Waals surface area (Å²) in [5.74, 6) is -0.289. The summed E-state index contributed by atoms with van der Waals surface area (Å²) >= 11 is 1.67. The van der Waals surface area contributed by atoms with Gasteiger partial charge in [-0.2, -0.15) is 0 Å². The van der Waals surface area contributed by atoms with Crippen molar-refractivity contribution in [3.05, 3.63) is 63.2 Å². The number of carbonyl (C=O) groups is 1. The summed E-state index contributed by atoms with van der Waals surface area (Å²) < 4.78 is 1.19. The Morgan fingerprint density at radius 3 is 2.57 bits per heavy atom. The average Bonchev–Trinajstić information content (AvgIpc) is 3.12. The van der Waals surface area contributed by atoms with Crippen LogP contribution in [0.3, 0.4) is 0 Å². The summed E-state index contributed by atoms with van der Waals surface area (Å²) in [5, 5.41) is 12.2. The van der Waals surface area contributed by atoms with E-state index in [1.54, 1.807) is 28.4 Å². The number of thiazole rings is 1. The van der Waals surface area contributed by atoms with E-state index >= 15 is 0 Å². The predicted octanol–water partition coefficient (Wildman–Crippen LogP) is 3.78. The number of nitrogens with zero attached hydrogens (tertiary/aromatic N) is 4. The third-order valence-electron chi connectivity index (χ3n) is 4.98. The van der Waals surface area contributed by atoms with Gasteiger partial charge in [-0.05, 0) is 37.1 Å². The maximum atomic E-state index is 12.8. The van der Waals surface area contributed by atoms with Gasteiger partial charge in [-0.25, -0.2) is 4.98 Å². The Labute approximate surface area is 166 Å². The van der Waals surface area contributed by atoms with Crippen LogP contribution in [-0.4, -0.2) is 46.9 Å². The third-order valence-corrected chi connectivity index (χ3v) is 6.24. The quantitative estimate of drug-likeness (QED) is 0.497. The molecule has 1 aromatic heterocycles. The van der Waals surface area contributed by atoms with Crippen LogP contribution in [0.1, 0.15) is 21.5 Å². The van der Waals surface area contributed by atoms with Crippen LogP contribution < -0.4 is 4.90 Å². The van der Waals surface area contributed by atoms with Gasteiger partial charge in [0.2, 0.25) is 0 Å². The largest absolute Gasteiger partial charge is 0.345 e. The zero-order valence-electron chi connectivity index (χ0n) is 15.7. The Bertz CT molecular complexity index is 1070. The highest BCUT2D eigenvalue weighted by Gasteiger charge is 2.28. The van der Waals surface area contributed by atoms with Crippen LogP contribution in [-0.2, 0) is 0 Å². The lowest BCUT2D eigenvalue weighted by Gasteiger charge is -2.34. The first kappa shape index (κ1) is 18.4. The molecule has 4 rings (SSSR count). The minimum Gasteiger partial charge on any atom is -0.345 e. The average molecular weight is 396 g/mol. The Balaban J connectivity index is 1.50. The topological polar surface area (TPSA) is 79.6 Å². The first-order chi connectivity index (χ1) is 13.4. The van der Waals surface area contributed by atoms with Gasteiger partial charge in [0.15, 0.2) is 5.13 Å². The van der Waals surface area contributed by atoms with E-state index < -0.39 is 4.92 Å². The second-order valence-electron chi connectivity index (χ2n) is 6.98. The van der Waals surface area contributed by atoms with E-state index in [0.29, 0.717) is 26.2 Å². The molecule has 1 saturated heterocycles. The molecule has 2 heterocycles. The molecule has 0 atom stereocenters. The maximum Gasteiger partial charge on any atom is 0.282 e. The fourth-order valence-electron chi connectivity index (χ4n) is 3.59. The van der Waals surface area contributed by atoms with Gasteiger partial charge in [0.05, 0.1) is 15.1 Å². The standard InChI is InChI=1S/C20H20N4O3S/c1-13-11-14(2)18-16(12-13)21-20(28-18)23-9-7-22(8-10-23)19(25)15-5-3-4-6-17(15)24(26)27/h3-6,11-12H,7-10H2,1-2H3. The van der Waals surface area contributed by atoms with Crippen LogP contribution in [0.4, 0.5) is 10.8 Å². The van der Waals surface area contributed by atoms with Crippen molar-refractivity contribution in [2.75, 3.05) is 31.1 Å². The molecule has 0 bridgehead atoms. The normalized spacial score (nSPS) is 14.5. The Hall–Kier alpha value is -3.00. The molecule has 144 valence electrons. The minimum absolute atomic E-state index is 0.145. The van der Waals surface area contributed by atoms with Gasteiger partial charge in [-0.1, -0.05) is 29.5 Å². The molecule has 28 heavy (non-hydrogen) atoms. The minimum atomic E-state index is -0.505. The van der Waals surface area contributed by atoms with E-state index in [1.807, 2.05) is 0 Å². The van der Waals surface area contributed by atoms with E-state index in [0.717, 1.165) is 10.6 Å². The van der Waals surface area contributed by atoms with Crippen molar-refractivity contribution in [3.63, 3.8) is 0 Å². The lowest BCUT2D eigenvalue weighted by atomic mass is 10.1. The Kier molecular flexibility index (Phi) is 4.72. The predicted molar refractivity (Wildman–Crippen MR) is 110 cm³/mol. The fraction of sp³-hybridized carbons (Fsp3) is 0.300. The van der Waals surface area contributed by atoms with E-state index in [1.165, 1.54) is 28.0 Å². The van der Waals surface area contributed by atoms with Gasteiger partial charge in [-0.3, -0.25) is 14.9 Å². The summed E-state index contributed by atoms with van der Waals surface area (Å²) in [5.41, 5.74) is 3.43. The van der Waals surface area contributed by atoms with Crippen LogP contribution in [0, 0.1) is 24.0 Å².